The molecule has 126 valence electrons. The van der Waals surface area contributed by atoms with Crippen LogP contribution in [0.25, 0.3) is 0 Å². The van der Waals surface area contributed by atoms with Gasteiger partial charge in [-0.1, -0.05) is 30.3 Å². The van der Waals surface area contributed by atoms with E-state index in [9.17, 15) is 9.90 Å². The van der Waals surface area contributed by atoms with Gasteiger partial charge >= 0.3 is 0 Å². The number of allylic oxidation sites excluding steroid dienone is 2. The van der Waals surface area contributed by atoms with Crippen molar-refractivity contribution in [3.05, 3.63) is 102 Å². The number of rotatable bonds is 5. The van der Waals surface area contributed by atoms with E-state index >= 15 is 0 Å². The topological polar surface area (TPSA) is 70.6 Å². The number of aliphatic hydroxyl groups is 1. The predicted molar refractivity (Wildman–Crippen MR) is 95.8 cm³/mol. The highest BCUT2D eigenvalue weighted by atomic mass is 16.5. The molecule has 0 spiro atoms. The van der Waals surface area contributed by atoms with Gasteiger partial charge in [0.25, 0.3) is 5.91 Å². The number of nitrogens with one attached hydrogen (secondary N) is 2. The van der Waals surface area contributed by atoms with Crippen LogP contribution in [0.1, 0.15) is 15.9 Å². The Morgan fingerprint density at radius 3 is 2.60 bits per heavy atom. The van der Waals surface area contributed by atoms with E-state index in [1.165, 1.54) is 12.3 Å². The zero-order chi connectivity index (χ0) is 17.5. The van der Waals surface area contributed by atoms with E-state index in [1.807, 2.05) is 30.3 Å². The number of aliphatic hydroxyl groups excluding tert-OH is 1. The smallest absolute Gasteiger partial charge is 0.255 e. The van der Waals surface area contributed by atoms with Crippen molar-refractivity contribution in [3.63, 3.8) is 0 Å². The Kier molecular flexibility index (Phi) is 5.16. The van der Waals surface area contributed by atoms with Gasteiger partial charge in [-0.2, -0.15) is 0 Å². The molecule has 0 aliphatic carbocycles. The summed E-state index contributed by atoms with van der Waals surface area (Å²) in [4.78, 5) is 12.3. The van der Waals surface area contributed by atoms with Crippen molar-refractivity contribution in [1.29, 1.82) is 0 Å². The second kappa shape index (κ2) is 7.88. The second-order valence-corrected chi connectivity index (χ2v) is 5.39. The predicted octanol–water partition coefficient (Wildman–Crippen LogP) is 3.40. The number of hydrogen-bond acceptors (Lipinski definition) is 4. The molecular weight excluding hydrogens is 316 g/mol. The average molecular weight is 334 g/mol. The van der Waals surface area contributed by atoms with Crippen LogP contribution in [-0.2, 0) is 6.61 Å². The van der Waals surface area contributed by atoms with E-state index in [0.29, 0.717) is 23.6 Å². The van der Waals surface area contributed by atoms with Gasteiger partial charge in [-0.15, -0.1) is 0 Å². The first-order chi connectivity index (χ1) is 12.2. The molecular formula is C20H18N2O3. The molecule has 2 aromatic carbocycles. The van der Waals surface area contributed by atoms with Gasteiger partial charge in [0.05, 0.1) is 5.70 Å². The van der Waals surface area contributed by atoms with E-state index in [0.717, 1.165) is 5.56 Å². The SMILES string of the molecule is O=C(NC1=CNC=CC=C1O)c1ccc(OCc2ccccc2)cc1. The van der Waals surface area contributed by atoms with Crippen molar-refractivity contribution in [1.82, 2.24) is 10.6 Å². The third kappa shape index (κ3) is 4.51. The first-order valence-electron chi connectivity index (χ1n) is 7.83. The standard InChI is InChI=1S/C20H18N2O3/c23-19-7-4-12-21-13-18(19)22-20(24)16-8-10-17(11-9-16)25-14-15-5-2-1-3-6-15/h1-13,21,23H,14H2,(H,22,24). The quantitative estimate of drug-likeness (QED) is 0.784. The maximum Gasteiger partial charge on any atom is 0.255 e. The fourth-order valence-electron chi connectivity index (χ4n) is 2.23. The summed E-state index contributed by atoms with van der Waals surface area (Å²) in [5.74, 6) is 0.351. The first-order valence-corrected chi connectivity index (χ1v) is 7.83. The summed E-state index contributed by atoms with van der Waals surface area (Å²) in [6.07, 6.45) is 6.30. The largest absolute Gasteiger partial charge is 0.506 e. The van der Waals surface area contributed by atoms with Gasteiger partial charge in [-0.25, -0.2) is 0 Å². The average Bonchev–Trinajstić information content (AvgIpc) is 2.86. The van der Waals surface area contributed by atoms with Crippen molar-refractivity contribution in [2.75, 3.05) is 0 Å². The van der Waals surface area contributed by atoms with E-state index in [4.69, 9.17) is 4.74 Å². The lowest BCUT2D eigenvalue weighted by molar-refractivity contribution is 0.0964. The van der Waals surface area contributed by atoms with Gasteiger partial charge in [0, 0.05) is 18.0 Å². The Hall–Kier alpha value is -3.47. The van der Waals surface area contributed by atoms with Crippen LogP contribution in [-0.4, -0.2) is 11.0 Å². The van der Waals surface area contributed by atoms with Crippen molar-refractivity contribution in [2.24, 2.45) is 0 Å². The van der Waals surface area contributed by atoms with Crippen molar-refractivity contribution in [2.45, 2.75) is 6.61 Å². The molecule has 1 heterocycles. The summed E-state index contributed by atoms with van der Waals surface area (Å²) >= 11 is 0. The summed E-state index contributed by atoms with van der Waals surface area (Å²) in [6, 6.07) is 16.7. The molecule has 0 bridgehead atoms. The Morgan fingerprint density at radius 1 is 1.08 bits per heavy atom. The maximum atomic E-state index is 12.3. The molecule has 0 unspecified atom stereocenters. The summed E-state index contributed by atoms with van der Waals surface area (Å²) < 4.78 is 5.70. The van der Waals surface area contributed by atoms with Gasteiger partial charge in [0.2, 0.25) is 0 Å². The van der Waals surface area contributed by atoms with Crippen molar-refractivity contribution < 1.29 is 14.6 Å². The fourth-order valence-corrected chi connectivity index (χ4v) is 2.23. The molecule has 5 heteroatoms. The van der Waals surface area contributed by atoms with Crippen molar-refractivity contribution in [3.8, 4) is 5.75 Å². The van der Waals surface area contributed by atoms with Gasteiger partial charge < -0.3 is 20.5 Å². The van der Waals surface area contributed by atoms with Crippen molar-refractivity contribution >= 4 is 5.91 Å². The number of ether oxygens (including phenoxy) is 1. The molecule has 0 saturated heterocycles. The summed E-state index contributed by atoms with van der Waals surface area (Å²) in [5, 5.41) is 15.3. The second-order valence-electron chi connectivity index (χ2n) is 5.39. The molecule has 3 rings (SSSR count). The number of benzene rings is 2. The van der Waals surface area contributed by atoms with E-state index in [-0.39, 0.29) is 11.7 Å². The molecule has 3 N–H and O–H groups in total. The Morgan fingerprint density at radius 2 is 1.84 bits per heavy atom. The molecule has 0 aromatic heterocycles. The third-order valence-electron chi connectivity index (χ3n) is 3.56. The van der Waals surface area contributed by atoms with Gasteiger partial charge in [0.1, 0.15) is 18.1 Å². The van der Waals surface area contributed by atoms with E-state index in [1.54, 1.807) is 36.5 Å². The third-order valence-corrected chi connectivity index (χ3v) is 3.56. The minimum atomic E-state index is -0.315. The number of amides is 1. The lowest BCUT2D eigenvalue weighted by Crippen LogP contribution is -2.24. The summed E-state index contributed by atoms with van der Waals surface area (Å²) in [6.45, 7) is 0.469. The lowest BCUT2D eigenvalue weighted by atomic mass is 10.2. The van der Waals surface area contributed by atoms with Gasteiger partial charge in [-0.05, 0) is 42.0 Å². The van der Waals surface area contributed by atoms with Crippen LogP contribution in [0.4, 0.5) is 0 Å². The summed E-state index contributed by atoms with van der Waals surface area (Å²) in [5.41, 5.74) is 1.85. The highest BCUT2D eigenvalue weighted by Gasteiger charge is 2.11. The molecule has 5 nitrogen and oxygen atoms in total. The van der Waals surface area contributed by atoms with Crippen LogP contribution < -0.4 is 15.4 Å². The van der Waals surface area contributed by atoms with Crippen LogP contribution >= 0.6 is 0 Å². The highest BCUT2D eigenvalue weighted by Crippen LogP contribution is 2.15. The van der Waals surface area contributed by atoms with Gasteiger partial charge in [0.15, 0.2) is 0 Å². The zero-order valence-corrected chi connectivity index (χ0v) is 13.5. The molecule has 1 aliphatic heterocycles. The van der Waals surface area contributed by atoms with Crippen LogP contribution in [0.2, 0.25) is 0 Å². The monoisotopic (exact) mass is 334 g/mol. The Balaban J connectivity index is 1.60. The molecule has 0 radical (unpaired) electrons. The minimum Gasteiger partial charge on any atom is -0.506 e. The lowest BCUT2D eigenvalue weighted by Gasteiger charge is -2.10. The Labute approximate surface area is 146 Å². The van der Waals surface area contributed by atoms with Crippen LogP contribution in [0.5, 0.6) is 5.75 Å². The van der Waals surface area contributed by atoms with Crippen LogP contribution in [0, 0.1) is 0 Å². The van der Waals surface area contributed by atoms with E-state index in [2.05, 4.69) is 10.6 Å². The molecule has 1 aliphatic rings. The molecule has 25 heavy (non-hydrogen) atoms. The molecule has 1 amide bonds. The number of carbonyl (C=O) groups excluding carboxylic acids is 1. The minimum absolute atomic E-state index is 0.0163. The number of hydrogen-bond donors (Lipinski definition) is 3. The summed E-state index contributed by atoms with van der Waals surface area (Å²) in [7, 11) is 0. The van der Waals surface area contributed by atoms with Crippen LogP contribution in [0.3, 0.4) is 0 Å². The zero-order valence-electron chi connectivity index (χ0n) is 13.5. The fraction of sp³-hybridized carbons (Fsp3) is 0.0500. The number of carbonyl (C=O) groups is 1. The highest BCUT2D eigenvalue weighted by molar-refractivity contribution is 5.95. The maximum absolute atomic E-state index is 12.3. The molecule has 0 fully saturated rings. The normalized spacial score (nSPS) is 13.1. The van der Waals surface area contributed by atoms with Gasteiger partial charge in [-0.3, -0.25) is 4.79 Å². The Bertz CT molecular complexity index is 822. The molecule has 2 aromatic rings. The van der Waals surface area contributed by atoms with Crippen LogP contribution in [0.15, 0.2) is 90.6 Å². The molecule has 0 atom stereocenters. The van der Waals surface area contributed by atoms with E-state index < -0.39 is 0 Å². The molecule has 0 saturated carbocycles. The first kappa shape index (κ1) is 16.4.